The van der Waals surface area contributed by atoms with Crippen molar-refractivity contribution >= 4 is 23.3 Å². The summed E-state index contributed by atoms with van der Waals surface area (Å²) in [5.41, 5.74) is 0.958. The second-order valence-electron chi connectivity index (χ2n) is 4.31. The summed E-state index contributed by atoms with van der Waals surface area (Å²) in [7, 11) is 0. The van der Waals surface area contributed by atoms with Gasteiger partial charge < -0.3 is 10.1 Å². The van der Waals surface area contributed by atoms with E-state index in [4.69, 9.17) is 16.3 Å². The minimum absolute atomic E-state index is 0.279. The molecule has 20 heavy (non-hydrogen) atoms. The highest BCUT2D eigenvalue weighted by Crippen LogP contribution is 2.24. The van der Waals surface area contributed by atoms with Crippen LogP contribution in [-0.4, -0.2) is 22.2 Å². The van der Waals surface area contributed by atoms with E-state index in [2.05, 4.69) is 15.5 Å². The number of amides is 1. The number of carbonyl (C=O) groups is 1. The summed E-state index contributed by atoms with van der Waals surface area (Å²) in [6.45, 7) is 3.66. The molecule has 0 aliphatic heterocycles. The Morgan fingerprint density at radius 2 is 2.25 bits per heavy atom. The van der Waals surface area contributed by atoms with Crippen molar-refractivity contribution in [2.75, 3.05) is 5.32 Å². The molecule has 0 aliphatic rings. The molecule has 1 heterocycles. The third-order valence-corrected chi connectivity index (χ3v) is 3.08. The zero-order chi connectivity index (χ0) is 14.5. The van der Waals surface area contributed by atoms with Crippen molar-refractivity contribution in [2.45, 2.75) is 26.4 Å². The minimum Gasteiger partial charge on any atom is -0.479 e. The van der Waals surface area contributed by atoms with E-state index in [1.807, 2.05) is 6.92 Å². The molecule has 0 spiro atoms. The predicted octanol–water partition coefficient (Wildman–Crippen LogP) is 3.03. The number of para-hydroxylation sites is 1. The van der Waals surface area contributed by atoms with Crippen LogP contribution in [0.1, 0.15) is 19.5 Å². The first-order valence-electron chi connectivity index (χ1n) is 6.36. The lowest BCUT2D eigenvalue weighted by Crippen LogP contribution is -2.30. The van der Waals surface area contributed by atoms with Crippen LogP contribution in [0.4, 0.5) is 5.82 Å². The highest BCUT2D eigenvalue weighted by atomic mass is 35.5. The number of halogens is 1. The van der Waals surface area contributed by atoms with E-state index >= 15 is 0 Å². The number of hydrogen-bond donors (Lipinski definition) is 2. The summed E-state index contributed by atoms with van der Waals surface area (Å²) in [5, 5.41) is 9.99. The van der Waals surface area contributed by atoms with Gasteiger partial charge in [0.15, 0.2) is 11.9 Å². The molecule has 2 aromatic rings. The summed E-state index contributed by atoms with van der Waals surface area (Å²) in [5.74, 6) is 0.689. The molecule has 0 fully saturated rings. The molecule has 106 valence electrons. The van der Waals surface area contributed by atoms with Gasteiger partial charge in [-0.3, -0.25) is 9.89 Å². The number of rotatable bonds is 5. The lowest BCUT2D eigenvalue weighted by molar-refractivity contribution is -0.122. The minimum atomic E-state index is -0.670. The van der Waals surface area contributed by atoms with E-state index in [0.29, 0.717) is 16.6 Å². The number of aromatic amines is 1. The monoisotopic (exact) mass is 293 g/mol. The maximum Gasteiger partial charge on any atom is 0.266 e. The fourth-order valence-corrected chi connectivity index (χ4v) is 1.80. The SMILES string of the molecule is CCc1cc(NC(=O)C(C)Oc2ccccc2Cl)n[nH]1. The van der Waals surface area contributed by atoms with Gasteiger partial charge in [0.2, 0.25) is 0 Å². The lowest BCUT2D eigenvalue weighted by atomic mass is 10.3. The Balaban J connectivity index is 1.97. The van der Waals surface area contributed by atoms with Gasteiger partial charge in [-0.2, -0.15) is 5.10 Å². The molecular formula is C14H16ClN3O2. The Hall–Kier alpha value is -2.01. The maximum absolute atomic E-state index is 12.0. The summed E-state index contributed by atoms with van der Waals surface area (Å²) < 4.78 is 5.53. The quantitative estimate of drug-likeness (QED) is 0.890. The Bertz CT molecular complexity index is 598. The smallest absolute Gasteiger partial charge is 0.266 e. The van der Waals surface area contributed by atoms with Crippen LogP contribution in [0.3, 0.4) is 0 Å². The predicted molar refractivity (Wildman–Crippen MR) is 78.1 cm³/mol. The largest absolute Gasteiger partial charge is 0.479 e. The Morgan fingerprint density at radius 3 is 2.90 bits per heavy atom. The van der Waals surface area contributed by atoms with Gasteiger partial charge in [0, 0.05) is 11.8 Å². The normalized spacial score (nSPS) is 11.9. The van der Waals surface area contributed by atoms with Gasteiger partial charge in [-0.15, -0.1) is 0 Å². The molecular weight excluding hydrogens is 278 g/mol. The van der Waals surface area contributed by atoms with Crippen molar-refractivity contribution in [3.05, 3.63) is 41.0 Å². The fraction of sp³-hybridized carbons (Fsp3) is 0.286. The van der Waals surface area contributed by atoms with Crippen LogP contribution in [0.5, 0.6) is 5.75 Å². The molecule has 0 radical (unpaired) electrons. The first-order chi connectivity index (χ1) is 9.60. The van der Waals surface area contributed by atoms with Gasteiger partial charge in [-0.05, 0) is 25.5 Å². The highest BCUT2D eigenvalue weighted by Gasteiger charge is 2.17. The molecule has 0 saturated carbocycles. The molecule has 1 aromatic carbocycles. The van der Waals surface area contributed by atoms with E-state index in [1.54, 1.807) is 37.3 Å². The lowest BCUT2D eigenvalue weighted by Gasteiger charge is -2.14. The molecule has 2 N–H and O–H groups in total. The van der Waals surface area contributed by atoms with Crippen molar-refractivity contribution in [1.29, 1.82) is 0 Å². The van der Waals surface area contributed by atoms with E-state index < -0.39 is 6.10 Å². The van der Waals surface area contributed by atoms with Crippen LogP contribution < -0.4 is 10.1 Å². The van der Waals surface area contributed by atoms with Crippen LogP contribution in [0.2, 0.25) is 5.02 Å². The van der Waals surface area contributed by atoms with Gasteiger partial charge >= 0.3 is 0 Å². The van der Waals surface area contributed by atoms with Crippen LogP contribution in [0.15, 0.2) is 30.3 Å². The topological polar surface area (TPSA) is 67.0 Å². The highest BCUT2D eigenvalue weighted by molar-refractivity contribution is 6.32. The summed E-state index contributed by atoms with van der Waals surface area (Å²) >= 11 is 5.98. The Morgan fingerprint density at radius 1 is 1.50 bits per heavy atom. The van der Waals surface area contributed by atoms with Crippen molar-refractivity contribution in [2.24, 2.45) is 0 Å². The van der Waals surface area contributed by atoms with E-state index in [9.17, 15) is 4.79 Å². The average molecular weight is 294 g/mol. The number of aromatic nitrogens is 2. The summed E-state index contributed by atoms with van der Waals surface area (Å²) in [4.78, 5) is 12.0. The van der Waals surface area contributed by atoms with Crippen LogP contribution in [-0.2, 0) is 11.2 Å². The Kier molecular flexibility index (Phi) is 4.63. The zero-order valence-electron chi connectivity index (χ0n) is 11.3. The van der Waals surface area contributed by atoms with Gasteiger partial charge in [0.1, 0.15) is 5.75 Å². The number of hydrogen-bond acceptors (Lipinski definition) is 3. The molecule has 1 aromatic heterocycles. The first kappa shape index (κ1) is 14.4. The zero-order valence-corrected chi connectivity index (χ0v) is 12.1. The summed E-state index contributed by atoms with van der Waals surface area (Å²) in [6, 6.07) is 8.82. The van der Waals surface area contributed by atoms with Gasteiger partial charge in [0.25, 0.3) is 5.91 Å². The van der Waals surface area contributed by atoms with Crippen LogP contribution in [0.25, 0.3) is 0 Å². The number of aryl methyl sites for hydroxylation is 1. The third kappa shape index (κ3) is 3.51. The standard InChI is InChI=1S/C14H16ClN3O2/c1-3-10-8-13(18-17-10)16-14(19)9(2)20-12-7-5-4-6-11(12)15/h4-9H,3H2,1-2H3,(H2,16,17,18,19). The number of H-pyrrole nitrogens is 1. The van der Waals surface area contributed by atoms with Gasteiger partial charge in [0.05, 0.1) is 5.02 Å². The van der Waals surface area contributed by atoms with Gasteiger partial charge in [-0.25, -0.2) is 0 Å². The van der Waals surface area contributed by atoms with E-state index in [1.165, 1.54) is 0 Å². The van der Waals surface area contributed by atoms with Crippen LogP contribution in [0, 0.1) is 0 Å². The number of anilines is 1. The molecule has 1 amide bonds. The number of nitrogens with zero attached hydrogens (tertiary/aromatic N) is 1. The molecule has 2 rings (SSSR count). The molecule has 0 aliphatic carbocycles. The number of carbonyl (C=O) groups excluding carboxylic acids is 1. The van der Waals surface area contributed by atoms with E-state index in [0.717, 1.165) is 12.1 Å². The molecule has 0 bridgehead atoms. The second kappa shape index (κ2) is 6.43. The van der Waals surface area contributed by atoms with Crippen molar-refractivity contribution in [3.8, 4) is 5.75 Å². The second-order valence-corrected chi connectivity index (χ2v) is 4.72. The van der Waals surface area contributed by atoms with Crippen molar-refractivity contribution < 1.29 is 9.53 Å². The van der Waals surface area contributed by atoms with Crippen molar-refractivity contribution in [3.63, 3.8) is 0 Å². The molecule has 5 nitrogen and oxygen atoms in total. The average Bonchev–Trinajstić information content (AvgIpc) is 2.89. The first-order valence-corrected chi connectivity index (χ1v) is 6.74. The van der Waals surface area contributed by atoms with Crippen molar-refractivity contribution in [1.82, 2.24) is 10.2 Å². The summed E-state index contributed by atoms with van der Waals surface area (Å²) in [6.07, 6.45) is 0.158. The van der Waals surface area contributed by atoms with Gasteiger partial charge in [-0.1, -0.05) is 30.7 Å². The number of benzene rings is 1. The number of nitrogens with one attached hydrogen (secondary N) is 2. The number of ether oxygens (including phenoxy) is 1. The molecule has 0 saturated heterocycles. The molecule has 1 atom stereocenters. The molecule has 1 unspecified atom stereocenters. The van der Waals surface area contributed by atoms with Crippen LogP contribution >= 0.6 is 11.6 Å². The molecule has 6 heteroatoms. The van der Waals surface area contributed by atoms with E-state index in [-0.39, 0.29) is 5.91 Å². The maximum atomic E-state index is 12.0. The Labute approximate surface area is 122 Å². The fourth-order valence-electron chi connectivity index (χ4n) is 1.62. The third-order valence-electron chi connectivity index (χ3n) is 2.77.